The number of benzene rings is 3. The molecule has 46 heavy (non-hydrogen) atoms. The molecular weight excluding hydrogens is 600 g/mol. The van der Waals surface area contributed by atoms with Crippen molar-refractivity contribution in [3.8, 4) is 5.69 Å². The van der Waals surface area contributed by atoms with Gasteiger partial charge in [0.05, 0.1) is 48.1 Å². The predicted molar refractivity (Wildman–Crippen MR) is 177 cm³/mol. The summed E-state index contributed by atoms with van der Waals surface area (Å²) >= 11 is 0. The number of nitrogens with zero attached hydrogens (tertiary/aromatic N) is 4. The van der Waals surface area contributed by atoms with E-state index in [1.807, 2.05) is 74.6 Å². The molecule has 4 aromatic rings. The van der Waals surface area contributed by atoms with E-state index in [0.29, 0.717) is 34.6 Å². The molecule has 0 saturated carbocycles. The highest BCUT2D eigenvalue weighted by Gasteiger charge is 2.67. The lowest BCUT2D eigenvalue weighted by molar-refractivity contribution is -0.149. The molecule has 3 aliphatic rings. The lowest BCUT2D eigenvalue weighted by Crippen LogP contribution is -2.45. The van der Waals surface area contributed by atoms with E-state index in [1.165, 1.54) is 4.68 Å². The van der Waals surface area contributed by atoms with Gasteiger partial charge < -0.3 is 19.5 Å². The third kappa shape index (κ3) is 4.64. The smallest absolute Gasteiger partial charge is 0.279 e. The molecule has 10 nitrogen and oxygen atoms in total. The minimum Gasteiger partial charge on any atom is -0.432 e. The Kier molecular flexibility index (Phi) is 7.47. The van der Waals surface area contributed by atoms with Gasteiger partial charge >= 0.3 is 0 Å². The van der Waals surface area contributed by atoms with Crippen molar-refractivity contribution in [2.75, 3.05) is 18.1 Å². The predicted octanol–water partition coefficient (Wildman–Crippen LogP) is 4.24. The number of carbonyl (C=O) groups excluding carboxylic acids is 2. The van der Waals surface area contributed by atoms with Gasteiger partial charge in [0.25, 0.3) is 11.5 Å². The Morgan fingerprint density at radius 3 is 2.52 bits per heavy atom. The highest BCUT2D eigenvalue weighted by Crippen LogP contribution is 2.61. The topological polar surface area (TPSA) is 125 Å². The number of hydrogen-bond donors (Lipinski definition) is 2. The molecule has 0 unspecified atom stereocenters. The lowest BCUT2D eigenvalue weighted by Gasteiger charge is -2.32. The molecule has 2 amide bonds. The standard InChI is InChI=1S/C35H38N4O6Si/c1-22-32(46(2,3)44)30(19-31(41)37-17-9-13-26(37)21-40)45-35(22)28-18-25(39-33(42)27-14-8-7-10-23(27)20-36-39)15-16-29(28)38(34(35)43)24-11-5-4-6-12-24/h4-8,10-12,14-16,18,20,22,26,30,32,40,44H,9,13,17,19,21H2,1-3H3/t22-,26-,30+,32-,35+/m0/s1. The van der Waals surface area contributed by atoms with Crippen molar-refractivity contribution in [1.82, 2.24) is 14.7 Å². The van der Waals surface area contributed by atoms with Crippen molar-refractivity contribution in [2.24, 2.45) is 5.92 Å². The number of aliphatic hydroxyl groups is 1. The molecule has 2 saturated heterocycles. The molecule has 0 aliphatic carbocycles. The second kappa shape index (κ2) is 11.3. The minimum absolute atomic E-state index is 0.0103. The molecule has 0 radical (unpaired) electrons. The fourth-order valence-electron chi connectivity index (χ4n) is 8.07. The number of ether oxygens (including phenoxy) is 1. The Balaban J connectivity index is 1.38. The van der Waals surface area contributed by atoms with E-state index in [0.717, 1.165) is 18.2 Å². The zero-order chi connectivity index (χ0) is 32.4. The Morgan fingerprint density at radius 1 is 1.04 bits per heavy atom. The number of carbonyl (C=O) groups is 2. The number of amides is 2. The van der Waals surface area contributed by atoms with Gasteiger partial charge in [0.1, 0.15) is 0 Å². The first-order valence-corrected chi connectivity index (χ1v) is 18.9. The van der Waals surface area contributed by atoms with Crippen LogP contribution in [0.15, 0.2) is 83.8 Å². The summed E-state index contributed by atoms with van der Waals surface area (Å²) < 4.78 is 8.24. The number of hydrogen-bond acceptors (Lipinski definition) is 7. The number of aromatic nitrogens is 2. The number of fused-ring (bicyclic) bond motifs is 3. The molecule has 1 spiro atoms. The second-order valence-electron chi connectivity index (χ2n) is 13.3. The summed E-state index contributed by atoms with van der Waals surface area (Å²) in [6.45, 7) is 6.03. The summed E-state index contributed by atoms with van der Waals surface area (Å²) in [5, 5.41) is 15.6. The third-order valence-electron chi connectivity index (χ3n) is 10.1. The number of aliphatic hydroxyl groups excluding tert-OH is 1. The van der Waals surface area contributed by atoms with Crippen LogP contribution in [0.3, 0.4) is 0 Å². The molecule has 3 aliphatic heterocycles. The van der Waals surface area contributed by atoms with Gasteiger partial charge in [-0.1, -0.05) is 43.3 Å². The van der Waals surface area contributed by atoms with Gasteiger partial charge in [0, 0.05) is 34.6 Å². The van der Waals surface area contributed by atoms with Crippen molar-refractivity contribution < 1.29 is 24.2 Å². The first-order valence-electron chi connectivity index (χ1n) is 15.9. The van der Waals surface area contributed by atoms with Crippen LogP contribution in [0.1, 0.15) is 31.7 Å². The Bertz CT molecular complexity index is 1890. The fourth-order valence-corrected chi connectivity index (χ4v) is 10.6. The molecule has 2 N–H and O–H groups in total. The van der Waals surface area contributed by atoms with E-state index in [2.05, 4.69) is 5.10 Å². The van der Waals surface area contributed by atoms with Gasteiger partial charge in [0.15, 0.2) is 13.9 Å². The molecule has 2 fully saturated rings. The molecule has 0 bridgehead atoms. The summed E-state index contributed by atoms with van der Waals surface area (Å²) in [6.07, 6.45) is 2.46. The van der Waals surface area contributed by atoms with Crippen molar-refractivity contribution in [1.29, 1.82) is 0 Å². The third-order valence-corrected chi connectivity index (χ3v) is 12.6. The molecule has 5 atom stereocenters. The summed E-state index contributed by atoms with van der Waals surface area (Å²) in [6, 6.07) is 21.7. The number of rotatable bonds is 6. The quantitative estimate of drug-likeness (QED) is 0.303. The molecule has 4 heterocycles. The van der Waals surface area contributed by atoms with Gasteiger partial charge in [-0.25, -0.2) is 0 Å². The molecule has 11 heteroatoms. The van der Waals surface area contributed by atoms with E-state index in [9.17, 15) is 24.3 Å². The normalized spacial score (nSPS) is 26.0. The molecule has 238 valence electrons. The monoisotopic (exact) mass is 638 g/mol. The van der Waals surface area contributed by atoms with Crippen LogP contribution in [0, 0.1) is 5.92 Å². The van der Waals surface area contributed by atoms with E-state index in [1.54, 1.807) is 34.2 Å². The van der Waals surface area contributed by atoms with Crippen molar-refractivity contribution >= 4 is 42.3 Å². The number of likely N-dealkylation sites (tertiary alicyclic amines) is 1. The maximum absolute atomic E-state index is 14.9. The molecular formula is C35H38N4O6Si. The first kappa shape index (κ1) is 30.5. The van der Waals surface area contributed by atoms with Crippen LogP contribution < -0.4 is 10.5 Å². The van der Waals surface area contributed by atoms with Crippen LogP contribution in [0.25, 0.3) is 16.5 Å². The minimum atomic E-state index is -3.03. The highest BCUT2D eigenvalue weighted by atomic mass is 28.4. The summed E-state index contributed by atoms with van der Waals surface area (Å²) in [5.41, 5.74) is 0.0623. The van der Waals surface area contributed by atoms with Crippen LogP contribution in [0.2, 0.25) is 18.6 Å². The SMILES string of the molecule is C[C@H]1[C@H]([Si](C)(C)O)[C@@H](CC(=O)N2CCC[C@H]2CO)O[C@]12C(=O)N(c1ccccc1)c1ccc(-n3ncc4ccccc4c3=O)cc12. The fraction of sp³-hybridized carbons (Fsp3) is 0.371. The maximum Gasteiger partial charge on any atom is 0.279 e. The zero-order valence-corrected chi connectivity index (χ0v) is 27.2. The molecule has 7 rings (SSSR count). The number of anilines is 2. The van der Waals surface area contributed by atoms with Crippen LogP contribution in [-0.4, -0.2) is 70.0 Å². The van der Waals surface area contributed by atoms with E-state index >= 15 is 0 Å². The summed E-state index contributed by atoms with van der Waals surface area (Å²) in [4.78, 5) is 57.2. The van der Waals surface area contributed by atoms with Crippen molar-refractivity contribution in [3.05, 3.63) is 94.9 Å². The van der Waals surface area contributed by atoms with E-state index < -0.39 is 31.5 Å². The zero-order valence-electron chi connectivity index (χ0n) is 26.2. The average Bonchev–Trinajstić information content (AvgIpc) is 3.71. The van der Waals surface area contributed by atoms with Gasteiger partial charge in [-0.2, -0.15) is 9.78 Å². The van der Waals surface area contributed by atoms with Gasteiger partial charge in [-0.3, -0.25) is 19.3 Å². The van der Waals surface area contributed by atoms with Gasteiger partial charge in [-0.15, -0.1) is 0 Å². The van der Waals surface area contributed by atoms with E-state index in [4.69, 9.17) is 4.74 Å². The second-order valence-corrected chi connectivity index (χ2v) is 17.2. The molecule has 1 aromatic heterocycles. The average molecular weight is 639 g/mol. The lowest BCUT2D eigenvalue weighted by atomic mass is 9.82. The van der Waals surface area contributed by atoms with Crippen molar-refractivity contribution in [3.63, 3.8) is 0 Å². The van der Waals surface area contributed by atoms with Crippen molar-refractivity contribution in [2.45, 2.75) is 62.6 Å². The van der Waals surface area contributed by atoms with Crippen LogP contribution >= 0.6 is 0 Å². The van der Waals surface area contributed by atoms with Gasteiger partial charge in [0.2, 0.25) is 5.91 Å². The Labute approximate surface area is 268 Å². The largest absolute Gasteiger partial charge is 0.432 e. The van der Waals surface area contributed by atoms with Crippen LogP contribution in [0.4, 0.5) is 11.4 Å². The summed E-state index contributed by atoms with van der Waals surface area (Å²) in [5.74, 6) is -0.953. The van der Waals surface area contributed by atoms with E-state index in [-0.39, 0.29) is 36.4 Å². The highest BCUT2D eigenvalue weighted by molar-refractivity contribution is 6.71. The van der Waals surface area contributed by atoms with Crippen LogP contribution in [-0.2, 0) is 19.9 Å². The van der Waals surface area contributed by atoms with Crippen LogP contribution in [0.5, 0.6) is 0 Å². The Morgan fingerprint density at radius 2 is 1.78 bits per heavy atom. The Hall–Kier alpha value is -4.16. The first-order chi connectivity index (χ1) is 22.1. The number of para-hydroxylation sites is 1. The maximum atomic E-state index is 14.9. The summed E-state index contributed by atoms with van der Waals surface area (Å²) in [7, 11) is -3.03. The molecule has 3 aromatic carbocycles. The van der Waals surface area contributed by atoms with Gasteiger partial charge in [-0.05, 0) is 62.3 Å².